The van der Waals surface area contributed by atoms with Crippen molar-refractivity contribution in [2.45, 2.75) is 13.5 Å². The van der Waals surface area contributed by atoms with Crippen LogP contribution in [0.15, 0.2) is 15.9 Å². The van der Waals surface area contributed by atoms with Crippen LogP contribution in [-0.4, -0.2) is 12.5 Å². The fourth-order valence-corrected chi connectivity index (χ4v) is 2.38. The van der Waals surface area contributed by atoms with Gasteiger partial charge in [-0.15, -0.1) is 11.3 Å². The van der Waals surface area contributed by atoms with Crippen LogP contribution in [-0.2, 0) is 11.3 Å². The number of carbonyl (C=O) groups excluding carboxylic acids is 1. The van der Waals surface area contributed by atoms with Gasteiger partial charge in [-0.05, 0) is 22.0 Å². The second-order valence-electron chi connectivity index (χ2n) is 3.17. The van der Waals surface area contributed by atoms with Gasteiger partial charge in [0.2, 0.25) is 5.91 Å². The number of amides is 1. The molecule has 3 N–H and O–H groups in total. The van der Waals surface area contributed by atoms with Crippen LogP contribution in [0.1, 0.15) is 11.8 Å². The van der Waals surface area contributed by atoms with Crippen molar-refractivity contribution in [2.24, 2.45) is 11.7 Å². The highest BCUT2D eigenvalue weighted by Crippen LogP contribution is 2.19. The lowest BCUT2D eigenvalue weighted by atomic mass is 10.2. The van der Waals surface area contributed by atoms with Crippen molar-refractivity contribution in [3.63, 3.8) is 0 Å². The van der Waals surface area contributed by atoms with Gasteiger partial charge in [0.1, 0.15) is 0 Å². The molecule has 78 valence electrons. The molecule has 1 rings (SSSR count). The van der Waals surface area contributed by atoms with Gasteiger partial charge in [-0.25, -0.2) is 0 Å². The summed E-state index contributed by atoms with van der Waals surface area (Å²) in [6.45, 7) is 3.23. The van der Waals surface area contributed by atoms with E-state index in [2.05, 4.69) is 27.3 Å². The molecule has 0 aliphatic heterocycles. The number of nitrogens with two attached hydrogens (primary N) is 1. The van der Waals surface area contributed by atoms with E-state index in [9.17, 15) is 4.79 Å². The Balaban J connectivity index is 2.25. The Morgan fingerprint density at radius 2 is 2.50 bits per heavy atom. The molecule has 0 bridgehead atoms. The Morgan fingerprint density at radius 3 is 3.00 bits per heavy atom. The molecule has 1 aromatic heterocycles. The maximum absolute atomic E-state index is 10.7. The van der Waals surface area contributed by atoms with E-state index in [1.165, 1.54) is 4.88 Å². The molecule has 0 saturated carbocycles. The molecule has 1 unspecified atom stereocenters. The van der Waals surface area contributed by atoms with E-state index in [1.54, 1.807) is 11.3 Å². The highest BCUT2D eigenvalue weighted by Gasteiger charge is 2.07. The third-order valence-corrected chi connectivity index (χ3v) is 3.55. The van der Waals surface area contributed by atoms with Gasteiger partial charge in [0, 0.05) is 33.7 Å². The van der Waals surface area contributed by atoms with Gasteiger partial charge >= 0.3 is 0 Å². The molecule has 0 fully saturated rings. The van der Waals surface area contributed by atoms with Gasteiger partial charge in [0.15, 0.2) is 0 Å². The van der Waals surface area contributed by atoms with Gasteiger partial charge in [-0.3, -0.25) is 4.79 Å². The lowest BCUT2D eigenvalue weighted by Crippen LogP contribution is -2.30. The zero-order valence-electron chi connectivity index (χ0n) is 7.92. The van der Waals surface area contributed by atoms with Crippen molar-refractivity contribution >= 4 is 33.2 Å². The van der Waals surface area contributed by atoms with Crippen LogP contribution in [0, 0.1) is 5.92 Å². The summed E-state index contributed by atoms with van der Waals surface area (Å²) in [6, 6.07) is 2.06. The Hall–Kier alpha value is -0.390. The second kappa shape index (κ2) is 5.48. The molecule has 5 heteroatoms. The molecular formula is C9H13BrN2OS. The summed E-state index contributed by atoms with van der Waals surface area (Å²) in [4.78, 5) is 12.0. The van der Waals surface area contributed by atoms with E-state index in [-0.39, 0.29) is 11.8 Å². The number of nitrogens with one attached hydrogen (secondary N) is 1. The van der Waals surface area contributed by atoms with Crippen LogP contribution in [0.2, 0.25) is 0 Å². The highest BCUT2D eigenvalue weighted by atomic mass is 79.9. The summed E-state index contributed by atoms with van der Waals surface area (Å²) >= 11 is 5.07. The van der Waals surface area contributed by atoms with E-state index in [0.717, 1.165) is 11.0 Å². The fraction of sp³-hybridized carbons (Fsp3) is 0.444. The number of primary amides is 1. The predicted molar refractivity (Wildman–Crippen MR) is 62.1 cm³/mol. The number of rotatable bonds is 5. The molecule has 0 aliphatic carbocycles. The van der Waals surface area contributed by atoms with Crippen molar-refractivity contribution in [1.29, 1.82) is 0 Å². The normalized spacial score (nSPS) is 12.7. The molecule has 0 aliphatic rings. The smallest absolute Gasteiger partial charge is 0.221 e. The van der Waals surface area contributed by atoms with Gasteiger partial charge in [0.25, 0.3) is 0 Å². The molecule has 0 spiro atoms. The third kappa shape index (κ3) is 3.77. The summed E-state index contributed by atoms with van der Waals surface area (Å²) in [5.41, 5.74) is 5.14. The summed E-state index contributed by atoms with van der Waals surface area (Å²) < 4.78 is 1.10. The number of halogens is 1. The fourth-order valence-electron chi connectivity index (χ4n) is 0.959. The second-order valence-corrected chi connectivity index (χ2v) is 5.08. The zero-order chi connectivity index (χ0) is 10.6. The van der Waals surface area contributed by atoms with Gasteiger partial charge in [-0.1, -0.05) is 6.92 Å². The van der Waals surface area contributed by atoms with Crippen LogP contribution in [0.25, 0.3) is 0 Å². The zero-order valence-corrected chi connectivity index (χ0v) is 10.3. The minimum Gasteiger partial charge on any atom is -0.369 e. The van der Waals surface area contributed by atoms with Crippen LogP contribution >= 0.6 is 27.3 Å². The van der Waals surface area contributed by atoms with Gasteiger partial charge in [0.05, 0.1) is 0 Å². The van der Waals surface area contributed by atoms with E-state index in [1.807, 2.05) is 12.3 Å². The lowest BCUT2D eigenvalue weighted by Gasteiger charge is -2.07. The standard InChI is InChI=1S/C9H13BrN2OS/c1-6(9(11)13)3-12-4-8-2-7(10)5-14-8/h2,5-6,12H,3-4H2,1H3,(H2,11,13). The molecule has 1 aromatic rings. The number of thiophene rings is 1. The van der Waals surface area contributed by atoms with Gasteiger partial charge in [-0.2, -0.15) is 0 Å². The van der Waals surface area contributed by atoms with E-state index in [4.69, 9.17) is 5.73 Å². The van der Waals surface area contributed by atoms with Crippen LogP contribution < -0.4 is 11.1 Å². The minimum absolute atomic E-state index is 0.113. The monoisotopic (exact) mass is 276 g/mol. The first-order valence-electron chi connectivity index (χ1n) is 4.32. The molecule has 1 amide bonds. The Labute approximate surface area is 95.8 Å². The third-order valence-electron chi connectivity index (χ3n) is 1.86. The van der Waals surface area contributed by atoms with Crippen LogP contribution in [0.3, 0.4) is 0 Å². The van der Waals surface area contributed by atoms with Crippen molar-refractivity contribution in [1.82, 2.24) is 5.32 Å². The molecule has 1 heterocycles. The molecule has 3 nitrogen and oxygen atoms in total. The topological polar surface area (TPSA) is 55.1 Å². The number of hydrogen-bond acceptors (Lipinski definition) is 3. The molecule has 0 aromatic carbocycles. The first-order chi connectivity index (χ1) is 6.59. The quantitative estimate of drug-likeness (QED) is 0.861. The van der Waals surface area contributed by atoms with Crippen molar-refractivity contribution in [2.75, 3.05) is 6.54 Å². The minimum atomic E-state index is -0.259. The average molecular weight is 277 g/mol. The SMILES string of the molecule is CC(CNCc1cc(Br)cs1)C(N)=O. The molecule has 0 saturated heterocycles. The van der Waals surface area contributed by atoms with Crippen molar-refractivity contribution < 1.29 is 4.79 Å². The summed E-state index contributed by atoms with van der Waals surface area (Å²) in [5, 5.41) is 5.22. The predicted octanol–water partition coefficient (Wildman–Crippen LogP) is 1.72. The van der Waals surface area contributed by atoms with Crippen molar-refractivity contribution in [3.8, 4) is 0 Å². The largest absolute Gasteiger partial charge is 0.369 e. The molecular weight excluding hydrogens is 264 g/mol. The van der Waals surface area contributed by atoms with Crippen LogP contribution in [0.5, 0.6) is 0 Å². The maximum Gasteiger partial charge on any atom is 0.221 e. The highest BCUT2D eigenvalue weighted by molar-refractivity contribution is 9.10. The average Bonchev–Trinajstić information content (AvgIpc) is 2.51. The number of hydrogen-bond donors (Lipinski definition) is 2. The lowest BCUT2D eigenvalue weighted by molar-refractivity contribution is -0.121. The van der Waals surface area contributed by atoms with E-state index < -0.39 is 0 Å². The maximum atomic E-state index is 10.7. The van der Waals surface area contributed by atoms with Crippen LogP contribution in [0.4, 0.5) is 0 Å². The summed E-state index contributed by atoms with van der Waals surface area (Å²) in [6.07, 6.45) is 0. The Kier molecular flexibility index (Phi) is 4.57. The Morgan fingerprint density at radius 1 is 1.79 bits per heavy atom. The Bertz CT molecular complexity index is 314. The first kappa shape index (κ1) is 11.7. The molecule has 1 atom stereocenters. The van der Waals surface area contributed by atoms with Gasteiger partial charge < -0.3 is 11.1 Å². The van der Waals surface area contributed by atoms with E-state index in [0.29, 0.717) is 6.54 Å². The van der Waals surface area contributed by atoms with Crippen molar-refractivity contribution in [3.05, 3.63) is 20.8 Å². The van der Waals surface area contributed by atoms with E-state index >= 15 is 0 Å². The molecule has 14 heavy (non-hydrogen) atoms. The first-order valence-corrected chi connectivity index (χ1v) is 6.00. The number of carbonyl (C=O) groups is 1. The summed E-state index contributed by atoms with van der Waals surface area (Å²) in [7, 11) is 0. The molecule has 0 radical (unpaired) electrons. The summed E-state index contributed by atoms with van der Waals surface area (Å²) in [5.74, 6) is -0.372.